The van der Waals surface area contributed by atoms with E-state index in [1.165, 1.54) is 0 Å². The maximum atomic E-state index is 9.44. The summed E-state index contributed by atoms with van der Waals surface area (Å²) in [5, 5.41) is 21.6. The van der Waals surface area contributed by atoms with E-state index in [0.717, 1.165) is 34.6 Å². The fraction of sp³-hybridized carbons (Fsp3) is 0.273. The molecule has 0 fully saturated rings. The van der Waals surface area contributed by atoms with E-state index in [2.05, 4.69) is 40.4 Å². The van der Waals surface area contributed by atoms with Gasteiger partial charge in [-0.2, -0.15) is 0 Å². The molecule has 0 aliphatic rings. The minimum Gasteiger partial charge on any atom is -0.508 e. The maximum absolute atomic E-state index is 9.44. The first-order valence-electron chi connectivity index (χ1n) is 9.71. The Morgan fingerprint density at radius 3 is 2.62 bits per heavy atom. The Morgan fingerprint density at radius 2 is 1.90 bits per heavy atom. The molecule has 0 atom stereocenters. The van der Waals surface area contributed by atoms with Gasteiger partial charge in [0.15, 0.2) is 5.82 Å². The van der Waals surface area contributed by atoms with Gasteiger partial charge in [0.1, 0.15) is 11.6 Å². The van der Waals surface area contributed by atoms with E-state index >= 15 is 0 Å². The molecule has 0 unspecified atom stereocenters. The number of aromatic nitrogens is 5. The lowest BCUT2D eigenvalue weighted by Crippen LogP contribution is -2.09. The maximum Gasteiger partial charge on any atom is 0.203 e. The first kappa shape index (κ1) is 18.9. The number of nitrogens with one attached hydrogen (secondary N) is 1. The molecule has 0 amide bonds. The van der Waals surface area contributed by atoms with Crippen molar-refractivity contribution in [2.75, 3.05) is 11.9 Å². The summed E-state index contributed by atoms with van der Waals surface area (Å²) in [6, 6.07) is 9.31. The molecule has 4 aromatic rings. The molecule has 148 valence electrons. The van der Waals surface area contributed by atoms with E-state index in [-0.39, 0.29) is 11.7 Å². The van der Waals surface area contributed by atoms with Crippen molar-refractivity contribution >= 4 is 11.5 Å². The van der Waals surface area contributed by atoms with Gasteiger partial charge in [-0.25, -0.2) is 4.98 Å². The minimum absolute atomic E-state index is 0.237. The van der Waals surface area contributed by atoms with Gasteiger partial charge in [0, 0.05) is 36.6 Å². The average Bonchev–Trinajstić information content (AvgIpc) is 3.14. The van der Waals surface area contributed by atoms with Crippen molar-refractivity contribution in [3.63, 3.8) is 0 Å². The second-order valence-electron chi connectivity index (χ2n) is 7.48. The van der Waals surface area contributed by atoms with E-state index in [0.29, 0.717) is 18.0 Å². The van der Waals surface area contributed by atoms with Crippen LogP contribution in [-0.4, -0.2) is 36.2 Å². The van der Waals surface area contributed by atoms with Crippen molar-refractivity contribution in [1.29, 1.82) is 0 Å². The van der Waals surface area contributed by atoms with Gasteiger partial charge in [-0.05, 0) is 42.7 Å². The molecule has 29 heavy (non-hydrogen) atoms. The lowest BCUT2D eigenvalue weighted by Gasteiger charge is -2.11. The van der Waals surface area contributed by atoms with Crippen molar-refractivity contribution in [3.05, 3.63) is 65.9 Å². The Bertz CT molecular complexity index is 1130. The number of hydrogen-bond acceptors (Lipinski definition) is 6. The van der Waals surface area contributed by atoms with Gasteiger partial charge in [0.25, 0.3) is 0 Å². The standard InChI is InChI=1S/C22H24N6O/c1-14(2)21-26-27-22-20(24-9-8-16-4-6-18(29)7-5-16)25-19(13-28(21)22)17-10-15(3)11-23-12-17/h4-7,10-14,29H,8-9H2,1-3H3,(H,24,25). The number of nitrogens with zero attached hydrogens (tertiary/aromatic N) is 5. The molecule has 1 aromatic carbocycles. The number of aromatic hydroxyl groups is 1. The van der Waals surface area contributed by atoms with Crippen LogP contribution in [0.2, 0.25) is 0 Å². The highest BCUT2D eigenvalue weighted by atomic mass is 16.3. The molecule has 7 heteroatoms. The first-order valence-corrected chi connectivity index (χ1v) is 9.71. The van der Waals surface area contributed by atoms with Crippen LogP contribution in [0.25, 0.3) is 16.9 Å². The smallest absolute Gasteiger partial charge is 0.203 e. The number of aryl methyl sites for hydroxylation is 1. The van der Waals surface area contributed by atoms with Crippen LogP contribution < -0.4 is 5.32 Å². The fourth-order valence-corrected chi connectivity index (χ4v) is 3.25. The van der Waals surface area contributed by atoms with Crippen LogP contribution in [0, 0.1) is 6.92 Å². The molecule has 0 saturated heterocycles. The van der Waals surface area contributed by atoms with Crippen LogP contribution in [0.15, 0.2) is 48.9 Å². The van der Waals surface area contributed by atoms with Crippen LogP contribution in [-0.2, 0) is 6.42 Å². The van der Waals surface area contributed by atoms with Crippen LogP contribution in [0.3, 0.4) is 0 Å². The Morgan fingerprint density at radius 1 is 1.10 bits per heavy atom. The molecule has 0 aliphatic carbocycles. The third-order valence-electron chi connectivity index (χ3n) is 4.75. The number of rotatable bonds is 6. The number of phenols is 1. The van der Waals surface area contributed by atoms with Gasteiger partial charge < -0.3 is 10.4 Å². The van der Waals surface area contributed by atoms with E-state index in [4.69, 9.17) is 4.98 Å². The van der Waals surface area contributed by atoms with Crippen LogP contribution in [0.5, 0.6) is 5.75 Å². The topological polar surface area (TPSA) is 88.2 Å². The van der Waals surface area contributed by atoms with Gasteiger partial charge >= 0.3 is 0 Å². The van der Waals surface area contributed by atoms with E-state index < -0.39 is 0 Å². The molecule has 3 heterocycles. The number of hydrogen-bond donors (Lipinski definition) is 2. The predicted octanol–water partition coefficient (Wildman–Crippen LogP) is 3.98. The molecule has 4 rings (SSSR count). The third kappa shape index (κ3) is 4.03. The third-order valence-corrected chi connectivity index (χ3v) is 4.75. The van der Waals surface area contributed by atoms with Crippen LogP contribution >= 0.6 is 0 Å². The normalized spacial score (nSPS) is 11.3. The second kappa shape index (κ2) is 7.87. The number of anilines is 1. The monoisotopic (exact) mass is 388 g/mol. The van der Waals surface area contributed by atoms with Crippen molar-refractivity contribution in [1.82, 2.24) is 24.6 Å². The Kier molecular flexibility index (Phi) is 5.12. The SMILES string of the molecule is Cc1cncc(-c2cn3c(C(C)C)nnc3c(NCCc3ccc(O)cc3)n2)c1. The number of pyridine rings is 1. The Balaban J connectivity index is 1.68. The van der Waals surface area contributed by atoms with Crippen molar-refractivity contribution in [2.45, 2.75) is 33.1 Å². The molecule has 0 radical (unpaired) electrons. The molecule has 0 bridgehead atoms. The second-order valence-corrected chi connectivity index (χ2v) is 7.48. The summed E-state index contributed by atoms with van der Waals surface area (Å²) in [6.45, 7) is 6.91. The number of benzene rings is 1. The highest BCUT2D eigenvalue weighted by Crippen LogP contribution is 2.25. The quantitative estimate of drug-likeness (QED) is 0.519. The van der Waals surface area contributed by atoms with Gasteiger partial charge in [-0.15, -0.1) is 10.2 Å². The summed E-state index contributed by atoms with van der Waals surface area (Å²) in [7, 11) is 0. The highest BCUT2D eigenvalue weighted by molar-refractivity contribution is 5.69. The van der Waals surface area contributed by atoms with Crippen molar-refractivity contribution in [2.24, 2.45) is 0 Å². The lowest BCUT2D eigenvalue weighted by atomic mass is 10.1. The molecule has 0 aliphatic heterocycles. The van der Waals surface area contributed by atoms with Crippen LogP contribution in [0.1, 0.15) is 36.7 Å². The minimum atomic E-state index is 0.237. The molecule has 0 spiro atoms. The van der Waals surface area contributed by atoms with E-state index in [1.54, 1.807) is 12.1 Å². The molecular formula is C22H24N6O. The number of phenolic OH excluding ortho intramolecular Hbond substituents is 1. The zero-order valence-corrected chi connectivity index (χ0v) is 16.8. The van der Waals surface area contributed by atoms with Gasteiger partial charge in [0.2, 0.25) is 5.65 Å². The average molecular weight is 388 g/mol. The lowest BCUT2D eigenvalue weighted by molar-refractivity contribution is 0.475. The molecule has 3 aromatic heterocycles. The predicted molar refractivity (Wildman–Crippen MR) is 113 cm³/mol. The molecule has 2 N–H and O–H groups in total. The van der Waals surface area contributed by atoms with Gasteiger partial charge in [0.05, 0.1) is 5.69 Å². The fourth-order valence-electron chi connectivity index (χ4n) is 3.25. The molecule has 7 nitrogen and oxygen atoms in total. The first-order chi connectivity index (χ1) is 14.0. The van der Waals surface area contributed by atoms with Crippen molar-refractivity contribution < 1.29 is 5.11 Å². The summed E-state index contributed by atoms with van der Waals surface area (Å²) in [5.74, 6) is 2.10. The van der Waals surface area contributed by atoms with Crippen molar-refractivity contribution in [3.8, 4) is 17.0 Å². The molecular weight excluding hydrogens is 364 g/mol. The summed E-state index contributed by atoms with van der Waals surface area (Å²) in [5.41, 5.74) is 4.71. The van der Waals surface area contributed by atoms with Gasteiger partial charge in [-0.1, -0.05) is 26.0 Å². The summed E-state index contributed by atoms with van der Waals surface area (Å²) in [6.07, 6.45) is 6.43. The largest absolute Gasteiger partial charge is 0.508 e. The number of fused-ring (bicyclic) bond motifs is 1. The van der Waals surface area contributed by atoms with E-state index in [1.807, 2.05) is 42.0 Å². The van der Waals surface area contributed by atoms with Crippen LogP contribution in [0.4, 0.5) is 5.82 Å². The highest BCUT2D eigenvalue weighted by Gasteiger charge is 2.16. The zero-order chi connectivity index (χ0) is 20.4. The summed E-state index contributed by atoms with van der Waals surface area (Å²) < 4.78 is 2.01. The zero-order valence-electron chi connectivity index (χ0n) is 16.8. The Labute approximate surface area is 169 Å². The summed E-state index contributed by atoms with van der Waals surface area (Å²) in [4.78, 5) is 9.12. The molecule has 0 saturated carbocycles. The van der Waals surface area contributed by atoms with Gasteiger partial charge in [-0.3, -0.25) is 9.38 Å². The summed E-state index contributed by atoms with van der Waals surface area (Å²) >= 11 is 0. The van der Waals surface area contributed by atoms with E-state index in [9.17, 15) is 5.11 Å². The Hall–Kier alpha value is -3.48.